The Hall–Kier alpha value is -1.53. The Balaban J connectivity index is 1.93. The molecular weight excluding hydrogens is 248 g/mol. The highest BCUT2D eigenvalue weighted by atomic mass is 16.5. The summed E-state index contributed by atoms with van der Waals surface area (Å²) in [6, 6.07) is 7.94. The van der Waals surface area contributed by atoms with Gasteiger partial charge < -0.3 is 10.1 Å². The average Bonchev–Trinajstić information content (AvgIpc) is 2.96. The molecule has 108 valence electrons. The van der Waals surface area contributed by atoms with Gasteiger partial charge in [0, 0.05) is 13.1 Å². The molecule has 1 saturated carbocycles. The van der Waals surface area contributed by atoms with Crippen LogP contribution in [0.1, 0.15) is 50.2 Å². The zero-order chi connectivity index (χ0) is 14.4. The molecule has 0 amide bonds. The molecule has 0 heterocycles. The second-order valence-corrected chi connectivity index (χ2v) is 5.81. The Morgan fingerprint density at radius 1 is 1.35 bits per heavy atom. The molecule has 0 unspecified atom stereocenters. The van der Waals surface area contributed by atoms with Gasteiger partial charge in [0.1, 0.15) is 11.8 Å². The maximum absolute atomic E-state index is 8.98. The van der Waals surface area contributed by atoms with Crippen LogP contribution in [0.5, 0.6) is 5.75 Å². The standard InChI is InChI=1S/C17H24N2O/c1-3-17(8-4-5-9-17)13-19-12-14-6-7-15(11-18)16(10-14)20-2/h6-7,10,19H,3-5,8-9,12-13H2,1-2H3. The van der Waals surface area contributed by atoms with Crippen LogP contribution in [0.25, 0.3) is 0 Å². The van der Waals surface area contributed by atoms with Crippen molar-refractivity contribution in [3.05, 3.63) is 29.3 Å². The first-order valence-electron chi connectivity index (χ1n) is 7.51. The van der Waals surface area contributed by atoms with Gasteiger partial charge in [0.25, 0.3) is 0 Å². The lowest BCUT2D eigenvalue weighted by Crippen LogP contribution is -2.31. The maximum Gasteiger partial charge on any atom is 0.136 e. The molecule has 1 aromatic carbocycles. The number of ether oxygens (including phenoxy) is 1. The van der Waals surface area contributed by atoms with Crippen LogP contribution in [-0.4, -0.2) is 13.7 Å². The molecule has 0 radical (unpaired) electrons. The number of nitrogens with one attached hydrogen (secondary N) is 1. The molecule has 3 heteroatoms. The Labute approximate surface area is 121 Å². The van der Waals surface area contributed by atoms with E-state index in [1.165, 1.54) is 37.7 Å². The van der Waals surface area contributed by atoms with Gasteiger partial charge in [-0.05, 0) is 42.4 Å². The van der Waals surface area contributed by atoms with Crippen molar-refractivity contribution < 1.29 is 4.74 Å². The van der Waals surface area contributed by atoms with Gasteiger partial charge in [-0.3, -0.25) is 0 Å². The molecule has 2 rings (SSSR count). The maximum atomic E-state index is 8.98. The highest BCUT2D eigenvalue weighted by molar-refractivity contribution is 5.45. The second kappa shape index (κ2) is 6.76. The molecule has 1 aromatic rings. The lowest BCUT2D eigenvalue weighted by molar-refractivity contribution is 0.268. The van der Waals surface area contributed by atoms with Crippen molar-refractivity contribution in [2.75, 3.05) is 13.7 Å². The molecule has 0 aromatic heterocycles. The number of nitrogens with zero attached hydrogens (tertiary/aromatic N) is 1. The summed E-state index contributed by atoms with van der Waals surface area (Å²) in [6.45, 7) is 4.23. The third-order valence-corrected chi connectivity index (χ3v) is 4.63. The number of hydrogen-bond donors (Lipinski definition) is 1. The summed E-state index contributed by atoms with van der Waals surface area (Å²) in [4.78, 5) is 0. The molecular formula is C17H24N2O. The summed E-state index contributed by atoms with van der Waals surface area (Å²) in [5.41, 5.74) is 2.28. The number of benzene rings is 1. The van der Waals surface area contributed by atoms with E-state index < -0.39 is 0 Å². The molecule has 0 atom stereocenters. The minimum absolute atomic E-state index is 0.511. The highest BCUT2D eigenvalue weighted by Crippen LogP contribution is 2.40. The molecule has 0 saturated heterocycles. The van der Waals surface area contributed by atoms with Crippen molar-refractivity contribution in [1.82, 2.24) is 5.32 Å². The fourth-order valence-electron chi connectivity index (χ4n) is 3.19. The lowest BCUT2D eigenvalue weighted by atomic mass is 9.83. The van der Waals surface area contributed by atoms with E-state index >= 15 is 0 Å². The van der Waals surface area contributed by atoms with E-state index in [1.807, 2.05) is 18.2 Å². The summed E-state index contributed by atoms with van der Waals surface area (Å²) in [7, 11) is 1.61. The normalized spacial score (nSPS) is 16.9. The van der Waals surface area contributed by atoms with Crippen LogP contribution in [0.15, 0.2) is 18.2 Å². The van der Waals surface area contributed by atoms with Crippen molar-refractivity contribution in [1.29, 1.82) is 5.26 Å². The largest absolute Gasteiger partial charge is 0.495 e. The van der Waals surface area contributed by atoms with Gasteiger partial charge in [-0.25, -0.2) is 0 Å². The van der Waals surface area contributed by atoms with Crippen molar-refractivity contribution in [3.8, 4) is 11.8 Å². The van der Waals surface area contributed by atoms with Gasteiger partial charge in [-0.2, -0.15) is 5.26 Å². The van der Waals surface area contributed by atoms with Crippen molar-refractivity contribution in [3.63, 3.8) is 0 Å². The SMILES string of the molecule is CCC1(CNCc2ccc(C#N)c(OC)c2)CCCC1. The molecule has 3 nitrogen and oxygen atoms in total. The summed E-state index contributed by atoms with van der Waals surface area (Å²) in [6.07, 6.45) is 6.72. The van der Waals surface area contributed by atoms with Gasteiger partial charge in [0.15, 0.2) is 0 Å². The second-order valence-electron chi connectivity index (χ2n) is 5.81. The Morgan fingerprint density at radius 2 is 2.10 bits per heavy atom. The van der Waals surface area contributed by atoms with Crippen molar-refractivity contribution in [2.24, 2.45) is 5.41 Å². The van der Waals surface area contributed by atoms with Crippen molar-refractivity contribution in [2.45, 2.75) is 45.6 Å². The summed E-state index contributed by atoms with van der Waals surface area (Å²) in [5, 5.41) is 12.6. The zero-order valence-corrected chi connectivity index (χ0v) is 12.5. The first-order valence-corrected chi connectivity index (χ1v) is 7.51. The average molecular weight is 272 g/mol. The minimum atomic E-state index is 0.511. The fourth-order valence-corrected chi connectivity index (χ4v) is 3.19. The topological polar surface area (TPSA) is 45.0 Å². The molecule has 1 N–H and O–H groups in total. The predicted octanol–water partition coefficient (Wildman–Crippen LogP) is 3.63. The molecule has 1 fully saturated rings. The van der Waals surface area contributed by atoms with Crippen LogP contribution >= 0.6 is 0 Å². The van der Waals surface area contributed by atoms with E-state index in [1.54, 1.807) is 7.11 Å². The van der Waals surface area contributed by atoms with Crippen LogP contribution in [0.2, 0.25) is 0 Å². The van der Waals surface area contributed by atoms with Crippen LogP contribution < -0.4 is 10.1 Å². The van der Waals surface area contributed by atoms with E-state index in [0.29, 0.717) is 16.7 Å². The number of nitriles is 1. The summed E-state index contributed by atoms with van der Waals surface area (Å²) in [5.74, 6) is 0.665. The van der Waals surface area contributed by atoms with E-state index in [-0.39, 0.29) is 0 Å². The highest BCUT2D eigenvalue weighted by Gasteiger charge is 2.31. The number of methoxy groups -OCH3 is 1. The molecule has 0 aliphatic heterocycles. The molecule has 0 spiro atoms. The van der Waals surface area contributed by atoms with E-state index in [9.17, 15) is 0 Å². The Kier molecular flexibility index (Phi) is 5.03. The van der Waals surface area contributed by atoms with E-state index in [2.05, 4.69) is 18.3 Å². The first-order chi connectivity index (χ1) is 9.73. The molecule has 0 bridgehead atoms. The quantitative estimate of drug-likeness (QED) is 0.860. The fraction of sp³-hybridized carbons (Fsp3) is 0.588. The Morgan fingerprint density at radius 3 is 2.70 bits per heavy atom. The minimum Gasteiger partial charge on any atom is -0.495 e. The van der Waals surface area contributed by atoms with Crippen LogP contribution in [0.3, 0.4) is 0 Å². The van der Waals surface area contributed by atoms with Gasteiger partial charge in [0.05, 0.1) is 12.7 Å². The first kappa shape index (κ1) is 14.9. The van der Waals surface area contributed by atoms with Crippen molar-refractivity contribution >= 4 is 0 Å². The van der Waals surface area contributed by atoms with Gasteiger partial charge in [-0.15, -0.1) is 0 Å². The number of hydrogen-bond acceptors (Lipinski definition) is 3. The third kappa shape index (κ3) is 3.32. The zero-order valence-electron chi connectivity index (χ0n) is 12.5. The van der Waals surface area contributed by atoms with Gasteiger partial charge in [-0.1, -0.05) is 25.8 Å². The molecule has 1 aliphatic rings. The summed E-state index contributed by atoms with van der Waals surface area (Å²) < 4.78 is 5.25. The van der Waals surface area contributed by atoms with E-state index in [4.69, 9.17) is 10.00 Å². The van der Waals surface area contributed by atoms with Gasteiger partial charge >= 0.3 is 0 Å². The van der Waals surface area contributed by atoms with Gasteiger partial charge in [0.2, 0.25) is 0 Å². The van der Waals surface area contributed by atoms with Crippen LogP contribution in [-0.2, 0) is 6.54 Å². The third-order valence-electron chi connectivity index (χ3n) is 4.63. The summed E-state index contributed by atoms with van der Waals surface area (Å²) >= 11 is 0. The van der Waals surface area contributed by atoms with Crippen LogP contribution in [0.4, 0.5) is 0 Å². The molecule has 1 aliphatic carbocycles. The predicted molar refractivity (Wildman–Crippen MR) is 80.6 cm³/mol. The smallest absolute Gasteiger partial charge is 0.136 e. The van der Waals surface area contributed by atoms with Crippen LogP contribution in [0, 0.1) is 16.7 Å². The Bertz CT molecular complexity index is 484. The monoisotopic (exact) mass is 272 g/mol. The molecule has 20 heavy (non-hydrogen) atoms. The van der Waals surface area contributed by atoms with E-state index in [0.717, 1.165) is 13.1 Å². The number of rotatable bonds is 6. The lowest BCUT2D eigenvalue weighted by Gasteiger charge is -2.27.